The summed E-state index contributed by atoms with van der Waals surface area (Å²) < 4.78 is 1.66. The van der Waals surface area contributed by atoms with Crippen molar-refractivity contribution < 1.29 is 4.79 Å². The molecule has 0 aliphatic heterocycles. The van der Waals surface area contributed by atoms with Crippen LogP contribution in [0.1, 0.15) is 48.2 Å². The molecule has 3 aromatic rings. The van der Waals surface area contributed by atoms with Gasteiger partial charge >= 0.3 is 0 Å². The first-order chi connectivity index (χ1) is 12.2. The van der Waals surface area contributed by atoms with Crippen molar-refractivity contribution in [2.45, 2.75) is 38.5 Å². The van der Waals surface area contributed by atoms with Crippen LogP contribution >= 0.6 is 0 Å². The number of nitrogens with zero attached hydrogens (tertiary/aromatic N) is 4. The number of aromatic nitrogens is 5. The van der Waals surface area contributed by atoms with Crippen molar-refractivity contribution in [1.29, 1.82) is 0 Å². The Hall–Kier alpha value is -2.70. The van der Waals surface area contributed by atoms with Crippen LogP contribution in [-0.4, -0.2) is 31.1 Å². The van der Waals surface area contributed by atoms with Gasteiger partial charge in [0.05, 0.1) is 5.52 Å². The SMILES string of the molecule is Cn1nnc2ccc(C(=O)Nc3cc(CC4CCCCC4)[nH]n3)cc21. The van der Waals surface area contributed by atoms with E-state index < -0.39 is 0 Å². The number of benzene rings is 1. The lowest BCUT2D eigenvalue weighted by molar-refractivity contribution is 0.102. The molecule has 7 nitrogen and oxygen atoms in total. The average Bonchev–Trinajstić information content (AvgIpc) is 3.22. The zero-order chi connectivity index (χ0) is 17.2. The number of carbonyl (C=O) groups excluding carboxylic acids is 1. The Morgan fingerprint density at radius 2 is 2.12 bits per heavy atom. The van der Waals surface area contributed by atoms with E-state index in [0.29, 0.717) is 11.4 Å². The summed E-state index contributed by atoms with van der Waals surface area (Å²) >= 11 is 0. The summed E-state index contributed by atoms with van der Waals surface area (Å²) in [6.07, 6.45) is 7.60. The number of aryl methyl sites for hydroxylation is 1. The molecule has 1 aliphatic rings. The third kappa shape index (κ3) is 3.40. The molecule has 0 spiro atoms. The molecule has 0 radical (unpaired) electrons. The lowest BCUT2D eigenvalue weighted by Crippen LogP contribution is -2.12. The van der Waals surface area contributed by atoms with Crippen molar-refractivity contribution in [1.82, 2.24) is 25.2 Å². The molecule has 2 N–H and O–H groups in total. The minimum atomic E-state index is -0.182. The van der Waals surface area contributed by atoms with E-state index >= 15 is 0 Å². The minimum Gasteiger partial charge on any atom is -0.305 e. The number of aromatic amines is 1. The van der Waals surface area contributed by atoms with Gasteiger partial charge in [0.1, 0.15) is 5.52 Å². The number of H-pyrrole nitrogens is 1. The molecule has 0 saturated heterocycles. The molecule has 25 heavy (non-hydrogen) atoms. The normalized spacial score (nSPS) is 15.6. The van der Waals surface area contributed by atoms with Gasteiger partial charge in [0.15, 0.2) is 5.82 Å². The summed E-state index contributed by atoms with van der Waals surface area (Å²) in [4.78, 5) is 12.5. The van der Waals surface area contributed by atoms with E-state index in [1.807, 2.05) is 13.1 Å². The summed E-state index contributed by atoms with van der Waals surface area (Å²) in [6, 6.07) is 7.29. The van der Waals surface area contributed by atoms with Crippen LogP contribution in [0.15, 0.2) is 24.3 Å². The maximum Gasteiger partial charge on any atom is 0.256 e. The molecule has 7 heteroatoms. The third-order valence-electron chi connectivity index (χ3n) is 4.98. The van der Waals surface area contributed by atoms with Gasteiger partial charge in [-0.25, -0.2) is 4.68 Å². The molecule has 4 rings (SSSR count). The van der Waals surface area contributed by atoms with Crippen LogP contribution in [0.5, 0.6) is 0 Å². The highest BCUT2D eigenvalue weighted by Gasteiger charge is 2.16. The lowest BCUT2D eigenvalue weighted by Gasteiger charge is -2.20. The molecule has 0 unspecified atom stereocenters. The van der Waals surface area contributed by atoms with Gasteiger partial charge in [-0.2, -0.15) is 5.10 Å². The molecular formula is C18H22N6O. The molecular weight excluding hydrogens is 316 g/mol. The van der Waals surface area contributed by atoms with Crippen LogP contribution in [0, 0.1) is 5.92 Å². The summed E-state index contributed by atoms with van der Waals surface area (Å²) in [5.41, 5.74) is 3.25. The van der Waals surface area contributed by atoms with Gasteiger partial charge in [-0.1, -0.05) is 37.3 Å². The Kier molecular flexibility index (Phi) is 4.21. The Bertz CT molecular complexity index is 890. The standard InChI is InChI=1S/C18H22N6O/c1-24-16-10-13(7-8-15(16)21-23-24)18(25)19-17-11-14(20-22-17)9-12-5-3-2-4-6-12/h7-8,10-12H,2-6,9H2,1H3,(H2,19,20,22,25). The maximum atomic E-state index is 12.5. The van der Waals surface area contributed by atoms with E-state index in [0.717, 1.165) is 29.1 Å². The predicted molar refractivity (Wildman–Crippen MR) is 95.3 cm³/mol. The monoisotopic (exact) mass is 338 g/mol. The van der Waals surface area contributed by atoms with Crippen molar-refractivity contribution >= 4 is 22.8 Å². The van der Waals surface area contributed by atoms with Crippen molar-refractivity contribution in [3.05, 3.63) is 35.5 Å². The number of rotatable bonds is 4. The van der Waals surface area contributed by atoms with E-state index in [9.17, 15) is 4.79 Å². The first-order valence-corrected chi connectivity index (χ1v) is 8.84. The van der Waals surface area contributed by atoms with Crippen LogP contribution in [-0.2, 0) is 13.5 Å². The Balaban J connectivity index is 1.44. The zero-order valence-electron chi connectivity index (χ0n) is 14.3. The highest BCUT2D eigenvalue weighted by atomic mass is 16.1. The Morgan fingerprint density at radius 3 is 2.96 bits per heavy atom. The molecule has 1 saturated carbocycles. The Morgan fingerprint density at radius 1 is 1.28 bits per heavy atom. The van der Waals surface area contributed by atoms with Gasteiger partial charge in [0.25, 0.3) is 5.91 Å². The van der Waals surface area contributed by atoms with E-state index in [4.69, 9.17) is 0 Å². The second-order valence-electron chi connectivity index (χ2n) is 6.86. The van der Waals surface area contributed by atoms with Crippen LogP contribution in [0.3, 0.4) is 0 Å². The second kappa shape index (κ2) is 6.66. The molecule has 2 aromatic heterocycles. The van der Waals surface area contributed by atoms with Gasteiger partial charge in [-0.3, -0.25) is 9.89 Å². The van der Waals surface area contributed by atoms with E-state index in [2.05, 4.69) is 25.8 Å². The number of fused-ring (bicyclic) bond motifs is 1. The van der Waals surface area contributed by atoms with E-state index in [-0.39, 0.29) is 5.91 Å². The number of nitrogens with one attached hydrogen (secondary N) is 2. The number of hydrogen-bond acceptors (Lipinski definition) is 4. The molecule has 2 heterocycles. The van der Waals surface area contributed by atoms with Crippen molar-refractivity contribution in [3.63, 3.8) is 0 Å². The fourth-order valence-corrected chi connectivity index (χ4v) is 3.59. The maximum absolute atomic E-state index is 12.5. The van der Waals surface area contributed by atoms with Crippen molar-refractivity contribution in [2.75, 3.05) is 5.32 Å². The van der Waals surface area contributed by atoms with E-state index in [1.54, 1.807) is 22.9 Å². The predicted octanol–water partition coefficient (Wildman–Crippen LogP) is 3.07. The van der Waals surface area contributed by atoms with Gasteiger partial charge < -0.3 is 5.32 Å². The summed E-state index contributed by atoms with van der Waals surface area (Å²) in [7, 11) is 1.81. The van der Waals surface area contributed by atoms with Crippen LogP contribution < -0.4 is 5.32 Å². The summed E-state index contributed by atoms with van der Waals surface area (Å²) in [5, 5.41) is 18.1. The molecule has 1 amide bonds. The fourth-order valence-electron chi connectivity index (χ4n) is 3.59. The molecule has 0 atom stereocenters. The van der Waals surface area contributed by atoms with Crippen molar-refractivity contribution in [3.8, 4) is 0 Å². The van der Waals surface area contributed by atoms with Crippen LogP contribution in [0.4, 0.5) is 5.82 Å². The van der Waals surface area contributed by atoms with Gasteiger partial charge in [-0.05, 0) is 30.5 Å². The third-order valence-corrected chi connectivity index (χ3v) is 4.98. The van der Waals surface area contributed by atoms with Crippen LogP contribution in [0.2, 0.25) is 0 Å². The topological polar surface area (TPSA) is 88.5 Å². The first kappa shape index (κ1) is 15.8. The number of anilines is 1. The summed E-state index contributed by atoms with van der Waals surface area (Å²) in [6.45, 7) is 0. The number of carbonyl (C=O) groups is 1. The largest absolute Gasteiger partial charge is 0.305 e. The zero-order valence-corrected chi connectivity index (χ0v) is 14.3. The molecule has 1 fully saturated rings. The first-order valence-electron chi connectivity index (χ1n) is 8.84. The highest BCUT2D eigenvalue weighted by molar-refractivity contribution is 6.05. The Labute approximate surface area is 145 Å². The second-order valence-corrected chi connectivity index (χ2v) is 6.86. The fraction of sp³-hybridized carbons (Fsp3) is 0.444. The van der Waals surface area contributed by atoms with E-state index in [1.165, 1.54) is 32.1 Å². The smallest absolute Gasteiger partial charge is 0.256 e. The van der Waals surface area contributed by atoms with Crippen LogP contribution in [0.25, 0.3) is 11.0 Å². The number of amides is 1. The van der Waals surface area contributed by atoms with Crippen molar-refractivity contribution in [2.24, 2.45) is 13.0 Å². The minimum absolute atomic E-state index is 0.182. The number of hydrogen-bond donors (Lipinski definition) is 2. The molecule has 0 bridgehead atoms. The quantitative estimate of drug-likeness (QED) is 0.765. The molecule has 1 aliphatic carbocycles. The molecule has 1 aromatic carbocycles. The van der Waals surface area contributed by atoms with Gasteiger partial charge in [-0.15, -0.1) is 5.10 Å². The lowest BCUT2D eigenvalue weighted by atomic mass is 9.86. The molecule has 130 valence electrons. The highest BCUT2D eigenvalue weighted by Crippen LogP contribution is 2.26. The van der Waals surface area contributed by atoms with Gasteiger partial charge in [0.2, 0.25) is 0 Å². The summed E-state index contributed by atoms with van der Waals surface area (Å²) in [5.74, 6) is 1.12. The van der Waals surface area contributed by atoms with Gasteiger partial charge in [0, 0.05) is 24.4 Å². The average molecular weight is 338 g/mol.